The molecule has 0 saturated carbocycles. The van der Waals surface area contributed by atoms with E-state index in [0.717, 1.165) is 24.3 Å². The average molecular weight is 255 g/mol. The number of aryl methyl sites for hydroxylation is 1. The Labute approximate surface area is 115 Å². The number of benzene rings is 1. The largest absolute Gasteiger partial charge is 0.327 e. The fourth-order valence-electron chi connectivity index (χ4n) is 2.08. The zero-order valence-corrected chi connectivity index (χ0v) is 11.9. The van der Waals surface area contributed by atoms with Crippen molar-refractivity contribution in [3.63, 3.8) is 0 Å². The molecule has 1 aromatic heterocycles. The van der Waals surface area contributed by atoms with E-state index in [2.05, 4.69) is 40.9 Å². The zero-order valence-electron chi connectivity index (χ0n) is 11.9. The molecule has 3 heteroatoms. The Bertz CT molecular complexity index is 602. The maximum Gasteiger partial charge on any atom is 0.123 e. The van der Waals surface area contributed by atoms with Gasteiger partial charge in [0, 0.05) is 6.54 Å². The lowest BCUT2D eigenvalue weighted by molar-refractivity contribution is 0.471. The Morgan fingerprint density at radius 1 is 1.37 bits per heavy atom. The highest BCUT2D eigenvalue weighted by Crippen LogP contribution is 2.17. The van der Waals surface area contributed by atoms with Crippen LogP contribution in [0, 0.1) is 12.3 Å². The van der Waals surface area contributed by atoms with Gasteiger partial charge in [-0.1, -0.05) is 25.0 Å². The molecule has 0 atom stereocenters. The summed E-state index contributed by atoms with van der Waals surface area (Å²) in [6, 6.07) is 8.25. The number of hydrogen-bond donors (Lipinski definition) is 1. The summed E-state index contributed by atoms with van der Waals surface area (Å²) in [5.74, 6) is 3.80. The highest BCUT2D eigenvalue weighted by atomic mass is 15.1. The van der Waals surface area contributed by atoms with Gasteiger partial charge in [0.15, 0.2) is 0 Å². The van der Waals surface area contributed by atoms with E-state index in [-0.39, 0.29) is 5.54 Å². The van der Waals surface area contributed by atoms with Gasteiger partial charge in [-0.05, 0) is 32.4 Å². The summed E-state index contributed by atoms with van der Waals surface area (Å²) in [6.07, 6.45) is 6.59. The van der Waals surface area contributed by atoms with Gasteiger partial charge in [0.1, 0.15) is 5.82 Å². The molecule has 0 amide bonds. The standard InChI is InChI=1S/C16H21N3/c1-5-11-19-14-10-8-7-9-13(14)18-15(19)12-17-16(3,4)6-2/h2,7-10,17H,5,11-12H2,1,3-4H3. The van der Waals surface area contributed by atoms with Crippen LogP contribution in [0.4, 0.5) is 0 Å². The molecule has 0 fully saturated rings. The van der Waals surface area contributed by atoms with Crippen LogP contribution in [0.2, 0.25) is 0 Å². The molecule has 1 heterocycles. The first-order chi connectivity index (χ1) is 9.07. The molecule has 0 bridgehead atoms. The Hall–Kier alpha value is -1.79. The summed E-state index contributed by atoms with van der Waals surface area (Å²) in [7, 11) is 0. The van der Waals surface area contributed by atoms with Crippen molar-refractivity contribution in [2.45, 2.75) is 45.8 Å². The number of para-hydroxylation sites is 2. The van der Waals surface area contributed by atoms with E-state index < -0.39 is 0 Å². The Morgan fingerprint density at radius 2 is 2.11 bits per heavy atom. The number of nitrogens with one attached hydrogen (secondary N) is 1. The predicted molar refractivity (Wildman–Crippen MR) is 79.8 cm³/mol. The smallest absolute Gasteiger partial charge is 0.123 e. The number of rotatable bonds is 5. The van der Waals surface area contributed by atoms with Gasteiger partial charge >= 0.3 is 0 Å². The van der Waals surface area contributed by atoms with Gasteiger partial charge in [-0.3, -0.25) is 5.32 Å². The molecule has 0 aliphatic rings. The van der Waals surface area contributed by atoms with Gasteiger partial charge in [0.05, 0.1) is 23.1 Å². The van der Waals surface area contributed by atoms with Gasteiger partial charge in [0.25, 0.3) is 0 Å². The average Bonchev–Trinajstić information content (AvgIpc) is 2.76. The highest BCUT2D eigenvalue weighted by molar-refractivity contribution is 5.75. The fourth-order valence-corrected chi connectivity index (χ4v) is 2.08. The van der Waals surface area contributed by atoms with E-state index in [9.17, 15) is 0 Å². The molecule has 3 nitrogen and oxygen atoms in total. The second kappa shape index (κ2) is 5.46. The van der Waals surface area contributed by atoms with E-state index in [4.69, 9.17) is 11.4 Å². The van der Waals surface area contributed by atoms with Gasteiger partial charge in [-0.2, -0.15) is 0 Å². The lowest BCUT2D eigenvalue weighted by Crippen LogP contribution is -2.37. The van der Waals surface area contributed by atoms with E-state index >= 15 is 0 Å². The first-order valence-corrected chi connectivity index (χ1v) is 6.74. The third-order valence-corrected chi connectivity index (χ3v) is 3.23. The summed E-state index contributed by atoms with van der Waals surface area (Å²) in [5.41, 5.74) is 1.93. The molecule has 0 radical (unpaired) electrons. The summed E-state index contributed by atoms with van der Waals surface area (Å²) in [6.45, 7) is 7.84. The van der Waals surface area contributed by atoms with Crippen LogP contribution in [0.3, 0.4) is 0 Å². The number of imidazole rings is 1. The van der Waals surface area contributed by atoms with Crippen molar-refractivity contribution in [1.29, 1.82) is 0 Å². The van der Waals surface area contributed by atoms with Gasteiger partial charge in [0.2, 0.25) is 0 Å². The molecule has 2 aromatic rings. The Kier molecular flexibility index (Phi) is 3.92. The molecule has 0 aliphatic heterocycles. The van der Waals surface area contributed by atoms with Crippen molar-refractivity contribution in [3.05, 3.63) is 30.1 Å². The zero-order chi connectivity index (χ0) is 13.9. The lowest BCUT2D eigenvalue weighted by atomic mass is 10.1. The van der Waals surface area contributed by atoms with Crippen molar-refractivity contribution in [3.8, 4) is 12.3 Å². The quantitative estimate of drug-likeness (QED) is 0.832. The number of aromatic nitrogens is 2. The second-order valence-corrected chi connectivity index (χ2v) is 5.29. The molecule has 0 saturated heterocycles. The number of nitrogens with zero attached hydrogens (tertiary/aromatic N) is 2. The number of terminal acetylenes is 1. The highest BCUT2D eigenvalue weighted by Gasteiger charge is 2.15. The summed E-state index contributed by atoms with van der Waals surface area (Å²) in [5, 5.41) is 3.37. The van der Waals surface area contributed by atoms with Crippen molar-refractivity contribution in [2.75, 3.05) is 0 Å². The van der Waals surface area contributed by atoms with Crippen molar-refractivity contribution < 1.29 is 0 Å². The third kappa shape index (κ3) is 2.97. The number of hydrogen-bond acceptors (Lipinski definition) is 2. The normalized spacial score (nSPS) is 11.7. The van der Waals surface area contributed by atoms with Crippen molar-refractivity contribution in [2.24, 2.45) is 0 Å². The molecule has 19 heavy (non-hydrogen) atoms. The maximum absolute atomic E-state index is 5.50. The molecule has 2 rings (SSSR count). The van der Waals surface area contributed by atoms with Gasteiger partial charge in [-0.15, -0.1) is 6.42 Å². The summed E-state index contributed by atoms with van der Waals surface area (Å²) >= 11 is 0. The minimum absolute atomic E-state index is 0.310. The molecule has 1 N–H and O–H groups in total. The van der Waals surface area contributed by atoms with E-state index in [1.165, 1.54) is 5.52 Å². The van der Waals surface area contributed by atoms with Crippen LogP contribution < -0.4 is 5.32 Å². The van der Waals surface area contributed by atoms with Crippen LogP contribution in [-0.4, -0.2) is 15.1 Å². The van der Waals surface area contributed by atoms with Crippen LogP contribution in [0.5, 0.6) is 0 Å². The van der Waals surface area contributed by atoms with Gasteiger partial charge < -0.3 is 4.57 Å². The van der Waals surface area contributed by atoms with E-state index in [0.29, 0.717) is 6.54 Å². The maximum atomic E-state index is 5.50. The SMILES string of the molecule is C#CC(C)(C)NCc1nc2ccccc2n1CCC. The van der Waals surface area contributed by atoms with Crippen LogP contribution >= 0.6 is 0 Å². The summed E-state index contributed by atoms with van der Waals surface area (Å²) in [4.78, 5) is 4.70. The van der Waals surface area contributed by atoms with Crippen LogP contribution in [0.1, 0.15) is 33.0 Å². The van der Waals surface area contributed by atoms with Crippen LogP contribution in [-0.2, 0) is 13.1 Å². The lowest BCUT2D eigenvalue weighted by Gasteiger charge is -2.19. The Balaban J connectivity index is 2.32. The molecule has 0 spiro atoms. The third-order valence-electron chi connectivity index (χ3n) is 3.23. The molecular formula is C16H21N3. The first kappa shape index (κ1) is 13.6. The van der Waals surface area contributed by atoms with Crippen LogP contribution in [0.25, 0.3) is 11.0 Å². The minimum atomic E-state index is -0.310. The minimum Gasteiger partial charge on any atom is -0.327 e. The molecule has 0 unspecified atom stereocenters. The topological polar surface area (TPSA) is 29.9 Å². The summed E-state index contributed by atoms with van der Waals surface area (Å²) < 4.78 is 2.27. The van der Waals surface area contributed by atoms with Crippen molar-refractivity contribution >= 4 is 11.0 Å². The molecule has 100 valence electrons. The first-order valence-electron chi connectivity index (χ1n) is 6.74. The van der Waals surface area contributed by atoms with E-state index in [1.807, 2.05) is 19.9 Å². The molecule has 0 aliphatic carbocycles. The molecular weight excluding hydrogens is 234 g/mol. The predicted octanol–water partition coefficient (Wildman–Crippen LogP) is 2.95. The Morgan fingerprint density at radius 3 is 2.79 bits per heavy atom. The molecule has 1 aromatic carbocycles. The van der Waals surface area contributed by atoms with Gasteiger partial charge in [-0.25, -0.2) is 4.98 Å². The number of fused-ring (bicyclic) bond motifs is 1. The van der Waals surface area contributed by atoms with Crippen LogP contribution in [0.15, 0.2) is 24.3 Å². The van der Waals surface area contributed by atoms with E-state index in [1.54, 1.807) is 0 Å². The van der Waals surface area contributed by atoms with Crippen molar-refractivity contribution in [1.82, 2.24) is 14.9 Å². The fraction of sp³-hybridized carbons (Fsp3) is 0.438. The monoisotopic (exact) mass is 255 g/mol. The second-order valence-electron chi connectivity index (χ2n) is 5.29.